The molecule has 2 N–H and O–H groups in total. The van der Waals surface area contributed by atoms with E-state index >= 15 is 0 Å². The number of hydrogen-bond donors (Lipinski definition) is 2. The van der Waals surface area contributed by atoms with Crippen molar-refractivity contribution in [3.05, 3.63) is 63.6 Å². The minimum absolute atomic E-state index is 0.120. The van der Waals surface area contributed by atoms with Crippen molar-refractivity contribution in [2.45, 2.75) is 52.5 Å². The molecule has 1 amide bonds. The van der Waals surface area contributed by atoms with E-state index in [1.165, 1.54) is 17.3 Å². The van der Waals surface area contributed by atoms with Gasteiger partial charge in [0, 0.05) is 61.0 Å². The Hall–Kier alpha value is -3.76. The van der Waals surface area contributed by atoms with Gasteiger partial charge in [0.05, 0.1) is 45.8 Å². The highest BCUT2D eigenvalue weighted by Crippen LogP contribution is 2.41. The van der Waals surface area contributed by atoms with Crippen molar-refractivity contribution in [2.75, 3.05) is 84.2 Å². The fourth-order valence-corrected chi connectivity index (χ4v) is 5.89. The Balaban J connectivity index is 1.30. The minimum atomic E-state index is -0.367. The maximum Gasteiger partial charge on any atom is 0.291 e. The molecule has 1 aliphatic heterocycles. The first-order valence-corrected chi connectivity index (χ1v) is 16.4. The molecule has 47 heavy (non-hydrogen) atoms. The van der Waals surface area contributed by atoms with Crippen LogP contribution in [-0.4, -0.2) is 105 Å². The van der Waals surface area contributed by atoms with Gasteiger partial charge < -0.3 is 24.5 Å². The number of allylic oxidation sites excluding steroid dienone is 2. The summed E-state index contributed by atoms with van der Waals surface area (Å²) in [7, 11) is 0. The molecule has 254 valence electrons. The fourth-order valence-electron chi connectivity index (χ4n) is 5.89. The number of nitrogens with one attached hydrogen (secondary N) is 2. The van der Waals surface area contributed by atoms with Gasteiger partial charge in [-0.15, -0.1) is 0 Å². The highest BCUT2D eigenvalue weighted by molar-refractivity contribution is 6.03. The third kappa shape index (κ3) is 10.6. The van der Waals surface area contributed by atoms with Crippen molar-refractivity contribution < 1.29 is 19.0 Å². The average molecular weight is 648 g/mol. The molecule has 2 aromatic rings. The lowest BCUT2D eigenvalue weighted by molar-refractivity contribution is 0.00356. The van der Waals surface area contributed by atoms with Gasteiger partial charge >= 0.3 is 0 Å². The molecule has 0 radical (unpaired) electrons. The highest BCUT2D eigenvalue weighted by atomic mass is 16.5. The predicted molar refractivity (Wildman–Crippen MR) is 181 cm³/mol. The molecule has 1 aromatic heterocycles. The maximum absolute atomic E-state index is 13.1. The summed E-state index contributed by atoms with van der Waals surface area (Å²) >= 11 is 0. The van der Waals surface area contributed by atoms with Gasteiger partial charge in [-0.05, 0) is 67.3 Å². The number of aromatic amines is 1. The van der Waals surface area contributed by atoms with Crippen molar-refractivity contribution in [3.8, 4) is 6.07 Å². The Morgan fingerprint density at radius 3 is 2.47 bits per heavy atom. The van der Waals surface area contributed by atoms with Crippen LogP contribution >= 0.6 is 0 Å². The van der Waals surface area contributed by atoms with Gasteiger partial charge in [-0.2, -0.15) is 5.26 Å². The molecule has 0 bridgehead atoms. The third-order valence-corrected chi connectivity index (χ3v) is 9.06. The Morgan fingerprint density at radius 1 is 1.13 bits per heavy atom. The SMILES string of the molecule is CC1(C)CC=C(c2cc(C(C)(C)N3CCN(CCOCCOCCOCCN=[N+]=[N-])CC3)ccc2NC(=O)c2ncc(C#N)[nH]2)CC1. The van der Waals surface area contributed by atoms with E-state index in [0.717, 1.165) is 63.2 Å². The number of imidazole rings is 1. The van der Waals surface area contributed by atoms with E-state index in [9.17, 15) is 4.79 Å². The summed E-state index contributed by atoms with van der Waals surface area (Å²) in [6, 6.07) is 8.36. The smallest absolute Gasteiger partial charge is 0.291 e. The number of amides is 1. The van der Waals surface area contributed by atoms with E-state index in [4.69, 9.17) is 25.0 Å². The molecule has 13 nitrogen and oxygen atoms in total. The van der Waals surface area contributed by atoms with E-state index in [2.05, 4.69) is 81.0 Å². The van der Waals surface area contributed by atoms with Gasteiger partial charge in [-0.25, -0.2) is 4.98 Å². The predicted octanol–water partition coefficient (Wildman–Crippen LogP) is 5.34. The van der Waals surface area contributed by atoms with E-state index in [0.29, 0.717) is 46.2 Å². The second kappa shape index (κ2) is 17.4. The molecule has 1 fully saturated rings. The molecule has 0 saturated carbocycles. The second-order valence-electron chi connectivity index (χ2n) is 13.2. The van der Waals surface area contributed by atoms with E-state index in [-0.39, 0.29) is 28.4 Å². The summed E-state index contributed by atoms with van der Waals surface area (Å²) < 4.78 is 16.6. The normalized spacial score (nSPS) is 17.0. The molecule has 2 aliphatic rings. The van der Waals surface area contributed by atoms with Crippen LogP contribution in [0.2, 0.25) is 0 Å². The Bertz CT molecular complexity index is 1450. The number of carbonyl (C=O) groups excluding carboxylic acids is 1. The zero-order chi connectivity index (χ0) is 33.7. The molecule has 1 saturated heterocycles. The standard InChI is InChI=1S/C34H49N9O4/c1-33(2)9-7-26(8-10-33)29-23-27(5-6-30(29)40-32(44)31-37-25-28(24-35)39-31)34(3,4)43-14-12-42(13-15-43)16-18-46-20-22-47-21-19-45-17-11-38-41-36/h5-7,23,25H,8-22H2,1-4H3,(H,37,39)(H,40,44). The van der Waals surface area contributed by atoms with Gasteiger partial charge in [0.2, 0.25) is 0 Å². The van der Waals surface area contributed by atoms with Crippen LogP contribution in [0.1, 0.15) is 74.4 Å². The van der Waals surface area contributed by atoms with Crippen molar-refractivity contribution >= 4 is 17.2 Å². The van der Waals surface area contributed by atoms with Crippen molar-refractivity contribution in [1.82, 2.24) is 19.8 Å². The Morgan fingerprint density at radius 2 is 1.83 bits per heavy atom. The van der Waals surface area contributed by atoms with Crippen LogP contribution < -0.4 is 5.32 Å². The molecule has 13 heteroatoms. The number of rotatable bonds is 17. The number of hydrogen-bond acceptors (Lipinski definition) is 9. The zero-order valence-electron chi connectivity index (χ0n) is 28.3. The van der Waals surface area contributed by atoms with E-state index < -0.39 is 0 Å². The third-order valence-electron chi connectivity index (χ3n) is 9.06. The van der Waals surface area contributed by atoms with Crippen LogP contribution in [0.4, 0.5) is 5.69 Å². The Kier molecular flexibility index (Phi) is 13.4. The van der Waals surface area contributed by atoms with Gasteiger partial charge in [0.1, 0.15) is 11.8 Å². The minimum Gasteiger partial charge on any atom is -0.379 e. The first kappa shape index (κ1) is 36.1. The number of benzene rings is 1. The number of anilines is 1. The maximum atomic E-state index is 13.1. The fraction of sp³-hybridized carbons (Fsp3) is 0.618. The van der Waals surface area contributed by atoms with Crippen LogP contribution in [0.15, 0.2) is 35.6 Å². The number of ether oxygens (including phenoxy) is 3. The van der Waals surface area contributed by atoms with Crippen LogP contribution in [0, 0.1) is 16.7 Å². The molecule has 0 atom stereocenters. The zero-order valence-corrected chi connectivity index (χ0v) is 28.3. The van der Waals surface area contributed by atoms with Gasteiger partial charge in [-0.1, -0.05) is 31.1 Å². The first-order chi connectivity index (χ1) is 22.6. The summed E-state index contributed by atoms with van der Waals surface area (Å²) in [4.78, 5) is 27.6. The molecule has 1 aromatic carbocycles. The monoisotopic (exact) mass is 647 g/mol. The van der Waals surface area contributed by atoms with Crippen LogP contribution in [0.3, 0.4) is 0 Å². The van der Waals surface area contributed by atoms with Crippen molar-refractivity contribution in [1.29, 1.82) is 5.26 Å². The van der Waals surface area contributed by atoms with Gasteiger partial charge in [0.25, 0.3) is 5.91 Å². The molecule has 0 spiro atoms. The van der Waals surface area contributed by atoms with Crippen LogP contribution in [-0.2, 0) is 19.7 Å². The number of piperazine rings is 1. The topological polar surface area (TPSA) is 164 Å². The lowest BCUT2D eigenvalue weighted by atomic mass is 9.76. The largest absolute Gasteiger partial charge is 0.379 e. The summed E-state index contributed by atoms with van der Waals surface area (Å²) in [5.74, 6) is -0.247. The number of aromatic nitrogens is 2. The van der Waals surface area contributed by atoms with Gasteiger partial charge in [-0.3, -0.25) is 14.6 Å². The summed E-state index contributed by atoms with van der Waals surface area (Å²) in [5, 5.41) is 15.6. The van der Waals surface area contributed by atoms with Crippen molar-refractivity contribution in [2.24, 2.45) is 10.5 Å². The molecule has 0 unspecified atom stereocenters. The number of nitrogens with zero attached hydrogens (tertiary/aromatic N) is 7. The molecule has 4 rings (SSSR count). The van der Waals surface area contributed by atoms with Crippen LogP contribution in [0.25, 0.3) is 16.0 Å². The number of carbonyl (C=O) groups is 1. The van der Waals surface area contributed by atoms with E-state index in [1.54, 1.807) is 0 Å². The number of nitriles is 1. The summed E-state index contributed by atoms with van der Waals surface area (Å²) in [6.07, 6.45) is 6.71. The van der Waals surface area contributed by atoms with E-state index in [1.807, 2.05) is 12.1 Å². The second-order valence-corrected chi connectivity index (χ2v) is 13.2. The molecular formula is C34H49N9O4. The van der Waals surface area contributed by atoms with Crippen molar-refractivity contribution in [3.63, 3.8) is 0 Å². The van der Waals surface area contributed by atoms with Crippen LogP contribution in [0.5, 0.6) is 0 Å². The number of azide groups is 1. The first-order valence-electron chi connectivity index (χ1n) is 16.4. The summed E-state index contributed by atoms with van der Waals surface area (Å²) in [6.45, 7) is 17.3. The Labute approximate surface area is 277 Å². The quantitative estimate of drug-likeness (QED) is 0.101. The lowest BCUT2D eigenvalue weighted by Gasteiger charge is -2.44. The molecule has 2 heterocycles. The molecule has 1 aliphatic carbocycles. The molecular weight excluding hydrogens is 598 g/mol. The lowest BCUT2D eigenvalue weighted by Crippen LogP contribution is -2.53. The van der Waals surface area contributed by atoms with Gasteiger partial charge in [0.15, 0.2) is 5.82 Å². The summed E-state index contributed by atoms with van der Waals surface area (Å²) in [5.41, 5.74) is 12.8. The number of H-pyrrole nitrogens is 1. The average Bonchev–Trinajstić information content (AvgIpc) is 3.56. The highest BCUT2D eigenvalue weighted by Gasteiger charge is 2.33.